The van der Waals surface area contributed by atoms with Gasteiger partial charge in [0.25, 0.3) is 5.91 Å². The van der Waals surface area contributed by atoms with E-state index in [4.69, 9.17) is 11.0 Å². The molecule has 1 amide bonds. The zero-order valence-electron chi connectivity index (χ0n) is 7.07. The zero-order chi connectivity index (χ0) is 9.84. The van der Waals surface area contributed by atoms with Gasteiger partial charge in [0.2, 0.25) is 0 Å². The van der Waals surface area contributed by atoms with Crippen LogP contribution in [0, 0.1) is 18.3 Å². The van der Waals surface area contributed by atoms with Crippen molar-refractivity contribution in [2.45, 2.75) is 6.92 Å². The first-order chi connectivity index (χ1) is 6.15. The van der Waals surface area contributed by atoms with Gasteiger partial charge in [-0.25, -0.2) is 0 Å². The highest BCUT2D eigenvalue weighted by Crippen LogP contribution is 2.18. The SMILES string of the molecule is Cc1ccsc1C=C(C#N)C(N)=O. The Labute approximate surface area is 80.1 Å². The smallest absolute Gasteiger partial charge is 0.259 e. The first-order valence-corrected chi connectivity index (χ1v) is 4.49. The number of aryl methyl sites for hydroxylation is 1. The van der Waals surface area contributed by atoms with Crippen molar-refractivity contribution in [1.29, 1.82) is 5.26 Å². The van der Waals surface area contributed by atoms with Gasteiger partial charge in [0.15, 0.2) is 0 Å². The number of nitrogens with zero attached hydrogens (tertiary/aromatic N) is 1. The van der Waals surface area contributed by atoms with Crippen molar-refractivity contribution in [1.82, 2.24) is 0 Å². The van der Waals surface area contributed by atoms with Gasteiger partial charge < -0.3 is 5.73 Å². The van der Waals surface area contributed by atoms with Gasteiger partial charge >= 0.3 is 0 Å². The molecule has 13 heavy (non-hydrogen) atoms. The zero-order valence-corrected chi connectivity index (χ0v) is 7.89. The molecule has 0 unspecified atom stereocenters. The van der Waals surface area contributed by atoms with Crippen LogP contribution in [0.4, 0.5) is 0 Å². The molecule has 1 heterocycles. The summed E-state index contributed by atoms with van der Waals surface area (Å²) in [7, 11) is 0. The number of carbonyl (C=O) groups is 1. The Kier molecular flexibility index (Phi) is 2.83. The van der Waals surface area contributed by atoms with E-state index in [2.05, 4.69) is 0 Å². The molecule has 0 fully saturated rings. The summed E-state index contributed by atoms with van der Waals surface area (Å²) in [4.78, 5) is 11.6. The molecule has 0 atom stereocenters. The second-order valence-corrected chi connectivity index (χ2v) is 3.45. The number of rotatable bonds is 2. The number of hydrogen-bond donors (Lipinski definition) is 1. The van der Waals surface area contributed by atoms with Crippen molar-refractivity contribution in [2.24, 2.45) is 5.73 Å². The summed E-state index contributed by atoms with van der Waals surface area (Å²) in [6.07, 6.45) is 1.52. The van der Waals surface area contributed by atoms with Crippen molar-refractivity contribution in [2.75, 3.05) is 0 Å². The van der Waals surface area contributed by atoms with Crippen molar-refractivity contribution in [3.05, 3.63) is 27.5 Å². The Morgan fingerprint density at radius 3 is 2.85 bits per heavy atom. The lowest BCUT2D eigenvalue weighted by Crippen LogP contribution is -2.12. The molecule has 1 aromatic rings. The van der Waals surface area contributed by atoms with Gasteiger partial charge in [0.1, 0.15) is 11.6 Å². The third-order valence-corrected chi connectivity index (χ3v) is 2.53. The van der Waals surface area contributed by atoms with Crippen LogP contribution in [0.1, 0.15) is 10.4 Å². The fourth-order valence-corrected chi connectivity index (χ4v) is 1.68. The summed E-state index contributed by atoms with van der Waals surface area (Å²) >= 11 is 1.48. The molecule has 2 N–H and O–H groups in total. The van der Waals surface area contributed by atoms with Crippen LogP contribution in [0.25, 0.3) is 6.08 Å². The molecular formula is C9H8N2OS. The van der Waals surface area contributed by atoms with Crippen LogP contribution >= 0.6 is 11.3 Å². The molecule has 0 radical (unpaired) electrons. The maximum absolute atomic E-state index is 10.7. The minimum Gasteiger partial charge on any atom is -0.365 e. The van der Waals surface area contributed by atoms with Gasteiger partial charge in [-0.3, -0.25) is 4.79 Å². The molecule has 0 spiro atoms. The average molecular weight is 192 g/mol. The summed E-state index contributed by atoms with van der Waals surface area (Å²) in [6, 6.07) is 3.68. The molecule has 0 aliphatic rings. The van der Waals surface area contributed by atoms with Crippen molar-refractivity contribution in [3.8, 4) is 6.07 Å². The standard InChI is InChI=1S/C9H8N2OS/c1-6-2-3-13-8(6)4-7(5-10)9(11)12/h2-4H,1H3,(H2,11,12). The molecule has 4 heteroatoms. The third-order valence-electron chi connectivity index (χ3n) is 1.56. The van der Waals surface area contributed by atoms with Crippen LogP contribution in [0.3, 0.4) is 0 Å². The highest BCUT2D eigenvalue weighted by molar-refractivity contribution is 7.11. The van der Waals surface area contributed by atoms with Crippen LogP contribution in [-0.4, -0.2) is 5.91 Å². The van der Waals surface area contributed by atoms with Crippen LogP contribution in [0.15, 0.2) is 17.0 Å². The van der Waals surface area contributed by atoms with E-state index in [9.17, 15) is 4.79 Å². The van der Waals surface area contributed by atoms with Gasteiger partial charge in [0, 0.05) is 4.88 Å². The molecule has 0 aliphatic carbocycles. The first kappa shape index (κ1) is 9.49. The molecule has 0 aromatic carbocycles. The molecule has 1 rings (SSSR count). The summed E-state index contributed by atoms with van der Waals surface area (Å²) in [5.74, 6) is -0.685. The highest BCUT2D eigenvalue weighted by atomic mass is 32.1. The molecule has 0 aliphatic heterocycles. The van der Waals surface area contributed by atoms with Gasteiger partial charge in [-0.15, -0.1) is 11.3 Å². The Bertz CT molecular complexity index is 398. The fraction of sp³-hybridized carbons (Fsp3) is 0.111. The van der Waals surface area contributed by atoms with Crippen molar-refractivity contribution >= 4 is 23.3 Å². The molecule has 66 valence electrons. The summed E-state index contributed by atoms with van der Waals surface area (Å²) < 4.78 is 0. The summed E-state index contributed by atoms with van der Waals surface area (Å²) in [5.41, 5.74) is 6.02. The molecule has 0 saturated carbocycles. The lowest BCUT2D eigenvalue weighted by atomic mass is 10.2. The maximum Gasteiger partial charge on any atom is 0.259 e. The highest BCUT2D eigenvalue weighted by Gasteiger charge is 2.04. The number of hydrogen-bond acceptors (Lipinski definition) is 3. The maximum atomic E-state index is 10.7. The number of nitrogens with two attached hydrogens (primary N) is 1. The minimum atomic E-state index is -0.685. The van der Waals surface area contributed by atoms with Gasteiger partial charge in [0.05, 0.1) is 0 Å². The van der Waals surface area contributed by atoms with E-state index in [1.807, 2.05) is 18.4 Å². The van der Waals surface area contributed by atoms with E-state index >= 15 is 0 Å². The lowest BCUT2D eigenvalue weighted by molar-refractivity contribution is -0.114. The number of amides is 1. The monoisotopic (exact) mass is 192 g/mol. The van der Waals surface area contributed by atoms with Crippen molar-refractivity contribution < 1.29 is 4.79 Å². The largest absolute Gasteiger partial charge is 0.365 e. The Morgan fingerprint density at radius 1 is 1.77 bits per heavy atom. The van der Waals surface area contributed by atoms with Gasteiger partial charge in [-0.2, -0.15) is 5.26 Å². The fourth-order valence-electron chi connectivity index (χ4n) is 0.822. The third kappa shape index (κ3) is 2.17. The molecule has 0 bridgehead atoms. The predicted octanol–water partition coefficient (Wildman–Crippen LogP) is 1.45. The summed E-state index contributed by atoms with van der Waals surface area (Å²) in [6.45, 7) is 1.92. The van der Waals surface area contributed by atoms with Crippen LogP contribution in [-0.2, 0) is 4.79 Å². The molecule has 3 nitrogen and oxygen atoms in total. The molecule has 1 aromatic heterocycles. The lowest BCUT2D eigenvalue weighted by Gasteiger charge is -1.91. The van der Waals surface area contributed by atoms with E-state index in [0.29, 0.717) is 0 Å². The molecular weight excluding hydrogens is 184 g/mol. The van der Waals surface area contributed by atoms with Gasteiger partial charge in [-0.05, 0) is 30.0 Å². The average Bonchev–Trinajstić information content (AvgIpc) is 2.46. The number of carbonyl (C=O) groups excluding carboxylic acids is 1. The van der Waals surface area contributed by atoms with E-state index in [-0.39, 0.29) is 5.57 Å². The predicted molar refractivity (Wildman–Crippen MR) is 51.8 cm³/mol. The second-order valence-electron chi connectivity index (χ2n) is 2.50. The Morgan fingerprint density at radius 2 is 2.46 bits per heavy atom. The number of thiophene rings is 1. The Balaban J connectivity index is 3.07. The van der Waals surface area contributed by atoms with Crippen LogP contribution in [0.5, 0.6) is 0 Å². The van der Waals surface area contributed by atoms with Crippen LogP contribution in [0.2, 0.25) is 0 Å². The number of primary amides is 1. The van der Waals surface area contributed by atoms with Gasteiger partial charge in [-0.1, -0.05) is 0 Å². The van der Waals surface area contributed by atoms with E-state index in [0.717, 1.165) is 10.4 Å². The first-order valence-electron chi connectivity index (χ1n) is 3.61. The number of nitriles is 1. The molecule has 0 saturated heterocycles. The van der Waals surface area contributed by atoms with E-state index < -0.39 is 5.91 Å². The minimum absolute atomic E-state index is 0.00875. The quantitative estimate of drug-likeness (QED) is 0.569. The van der Waals surface area contributed by atoms with Crippen molar-refractivity contribution in [3.63, 3.8) is 0 Å². The second kappa shape index (κ2) is 3.87. The van der Waals surface area contributed by atoms with E-state index in [1.54, 1.807) is 6.07 Å². The summed E-state index contributed by atoms with van der Waals surface area (Å²) in [5, 5.41) is 10.5. The Hall–Kier alpha value is -1.60. The van der Waals surface area contributed by atoms with E-state index in [1.165, 1.54) is 17.4 Å². The normalized spacial score (nSPS) is 10.9. The van der Waals surface area contributed by atoms with Crippen LogP contribution < -0.4 is 5.73 Å². The topological polar surface area (TPSA) is 66.9 Å².